The molecule has 3 rings (SSSR count). The van der Waals surface area contributed by atoms with Crippen LogP contribution in [0.5, 0.6) is 0 Å². The third-order valence-electron chi connectivity index (χ3n) is 3.50. The van der Waals surface area contributed by atoms with Gasteiger partial charge in [-0.2, -0.15) is 0 Å². The highest BCUT2D eigenvalue weighted by molar-refractivity contribution is 7.21. The van der Waals surface area contributed by atoms with Crippen molar-refractivity contribution in [2.45, 2.75) is 0 Å². The number of hydrogen-bond donors (Lipinski definition) is 2. The molecule has 1 heterocycles. The van der Waals surface area contributed by atoms with Crippen molar-refractivity contribution < 1.29 is 22.8 Å². The van der Waals surface area contributed by atoms with Crippen LogP contribution in [0.4, 0.5) is 13.2 Å². The minimum absolute atomic E-state index is 0.0849. The molecule has 0 aliphatic rings. The zero-order chi connectivity index (χ0) is 19.6. The summed E-state index contributed by atoms with van der Waals surface area (Å²) in [6.07, 6.45) is 1.81. The van der Waals surface area contributed by atoms with Gasteiger partial charge in [-0.15, -0.1) is 11.3 Å². The monoisotopic (exact) mass is 410 g/mol. The molecule has 2 amide bonds. The van der Waals surface area contributed by atoms with E-state index in [-0.39, 0.29) is 15.5 Å². The van der Waals surface area contributed by atoms with Crippen molar-refractivity contribution in [2.75, 3.05) is 0 Å². The molecule has 0 unspecified atom stereocenters. The van der Waals surface area contributed by atoms with Gasteiger partial charge >= 0.3 is 0 Å². The highest BCUT2D eigenvalue weighted by Crippen LogP contribution is 2.35. The lowest BCUT2D eigenvalue weighted by atomic mass is 10.2. The van der Waals surface area contributed by atoms with Crippen LogP contribution in [0.15, 0.2) is 42.5 Å². The molecule has 0 saturated heterocycles. The Morgan fingerprint density at radius 1 is 1.04 bits per heavy atom. The van der Waals surface area contributed by atoms with Gasteiger partial charge in [0, 0.05) is 21.7 Å². The average Bonchev–Trinajstić information content (AvgIpc) is 2.95. The summed E-state index contributed by atoms with van der Waals surface area (Å²) in [6.45, 7) is 0. The summed E-state index contributed by atoms with van der Waals surface area (Å²) in [6, 6.07) is 7.21. The summed E-state index contributed by atoms with van der Waals surface area (Å²) >= 11 is 7.07. The van der Waals surface area contributed by atoms with E-state index in [2.05, 4.69) is 10.9 Å². The largest absolute Gasteiger partial charge is 0.281 e. The summed E-state index contributed by atoms with van der Waals surface area (Å²) < 4.78 is 40.7. The quantitative estimate of drug-likeness (QED) is 0.495. The van der Waals surface area contributed by atoms with Gasteiger partial charge in [-0.05, 0) is 36.4 Å². The van der Waals surface area contributed by atoms with Crippen LogP contribution in [0.3, 0.4) is 0 Å². The summed E-state index contributed by atoms with van der Waals surface area (Å²) in [5.41, 5.74) is 3.83. The van der Waals surface area contributed by atoms with E-state index in [1.807, 2.05) is 0 Å². The van der Waals surface area contributed by atoms with E-state index in [0.29, 0.717) is 10.1 Å². The lowest BCUT2D eigenvalue weighted by Gasteiger charge is -2.04. The first-order valence-electron chi connectivity index (χ1n) is 7.47. The third kappa shape index (κ3) is 4.12. The van der Waals surface area contributed by atoms with E-state index < -0.39 is 29.3 Å². The molecule has 0 saturated carbocycles. The summed E-state index contributed by atoms with van der Waals surface area (Å²) in [7, 11) is 0. The second-order valence-corrected chi connectivity index (χ2v) is 6.73. The number of carbonyl (C=O) groups is 2. The standard InChI is InChI=1S/C18H10ClF3N2O2S/c19-16-11-5-4-9(20)8-14(11)27-17(16)18(26)24-23-15(25)7-6-10-12(21)2-1-3-13(10)22/h1-8H,(H,23,25)(H,24,26)/b7-6+. The highest BCUT2D eigenvalue weighted by Gasteiger charge is 2.17. The lowest BCUT2D eigenvalue weighted by molar-refractivity contribution is -0.117. The van der Waals surface area contributed by atoms with Crippen molar-refractivity contribution in [3.8, 4) is 0 Å². The van der Waals surface area contributed by atoms with Crippen molar-refractivity contribution in [3.63, 3.8) is 0 Å². The van der Waals surface area contributed by atoms with Crippen LogP contribution >= 0.6 is 22.9 Å². The van der Waals surface area contributed by atoms with Crippen LogP contribution in [0.2, 0.25) is 5.02 Å². The number of rotatable bonds is 3. The molecule has 2 N–H and O–H groups in total. The fraction of sp³-hybridized carbons (Fsp3) is 0. The molecule has 0 aliphatic heterocycles. The topological polar surface area (TPSA) is 58.2 Å². The Morgan fingerprint density at radius 3 is 2.44 bits per heavy atom. The second-order valence-electron chi connectivity index (χ2n) is 5.30. The lowest BCUT2D eigenvalue weighted by Crippen LogP contribution is -2.40. The first kappa shape index (κ1) is 18.9. The Morgan fingerprint density at radius 2 is 1.74 bits per heavy atom. The van der Waals surface area contributed by atoms with Crippen molar-refractivity contribution in [1.29, 1.82) is 0 Å². The fourth-order valence-corrected chi connectivity index (χ4v) is 3.67. The Balaban J connectivity index is 1.68. The third-order valence-corrected chi connectivity index (χ3v) is 5.15. The molecule has 0 fully saturated rings. The van der Waals surface area contributed by atoms with Crippen LogP contribution in [-0.2, 0) is 4.79 Å². The van der Waals surface area contributed by atoms with Gasteiger partial charge in [0.05, 0.1) is 5.02 Å². The zero-order valence-electron chi connectivity index (χ0n) is 13.4. The number of carbonyl (C=O) groups excluding carboxylic acids is 2. The van der Waals surface area contributed by atoms with Gasteiger partial charge in [0.15, 0.2) is 0 Å². The van der Waals surface area contributed by atoms with Gasteiger partial charge in [0.1, 0.15) is 22.3 Å². The molecule has 0 radical (unpaired) electrons. The molecule has 2 aromatic carbocycles. The SMILES string of the molecule is O=C(/C=C/c1c(F)cccc1F)NNC(=O)c1sc2cc(F)ccc2c1Cl. The summed E-state index contributed by atoms with van der Waals surface area (Å²) in [5.74, 6) is -3.64. The van der Waals surface area contributed by atoms with E-state index in [9.17, 15) is 22.8 Å². The molecule has 0 spiro atoms. The van der Waals surface area contributed by atoms with Crippen LogP contribution in [0, 0.1) is 17.5 Å². The number of fused-ring (bicyclic) bond motifs is 1. The number of hydrogen-bond acceptors (Lipinski definition) is 3. The number of benzene rings is 2. The van der Waals surface area contributed by atoms with E-state index in [0.717, 1.165) is 35.6 Å². The molecule has 27 heavy (non-hydrogen) atoms. The number of nitrogens with one attached hydrogen (secondary N) is 2. The molecular weight excluding hydrogens is 401 g/mol. The van der Waals surface area contributed by atoms with Gasteiger partial charge in [-0.3, -0.25) is 20.4 Å². The first-order chi connectivity index (χ1) is 12.9. The van der Waals surface area contributed by atoms with Gasteiger partial charge < -0.3 is 0 Å². The van der Waals surface area contributed by atoms with E-state index in [4.69, 9.17) is 11.6 Å². The van der Waals surface area contributed by atoms with Gasteiger partial charge in [0.25, 0.3) is 11.8 Å². The predicted octanol–water partition coefficient (Wildman–Crippen LogP) is 4.45. The smallest absolute Gasteiger partial charge is 0.268 e. The van der Waals surface area contributed by atoms with E-state index in [1.165, 1.54) is 24.3 Å². The molecule has 0 atom stereocenters. The van der Waals surface area contributed by atoms with Crippen molar-refractivity contribution in [1.82, 2.24) is 10.9 Å². The van der Waals surface area contributed by atoms with Crippen LogP contribution in [0.1, 0.15) is 15.2 Å². The molecule has 0 bridgehead atoms. The maximum Gasteiger partial charge on any atom is 0.281 e. The van der Waals surface area contributed by atoms with Crippen LogP contribution in [0.25, 0.3) is 16.2 Å². The van der Waals surface area contributed by atoms with Gasteiger partial charge in [-0.25, -0.2) is 13.2 Å². The molecule has 1 aromatic heterocycles. The molecule has 138 valence electrons. The van der Waals surface area contributed by atoms with Gasteiger partial charge in [0.2, 0.25) is 0 Å². The molecule has 9 heteroatoms. The van der Waals surface area contributed by atoms with Crippen LogP contribution in [-0.4, -0.2) is 11.8 Å². The minimum atomic E-state index is -0.827. The van der Waals surface area contributed by atoms with E-state index in [1.54, 1.807) is 0 Å². The molecule has 4 nitrogen and oxygen atoms in total. The Hall–Kier alpha value is -2.84. The Labute approximate surface area is 160 Å². The Kier molecular flexibility index (Phi) is 5.48. The minimum Gasteiger partial charge on any atom is -0.268 e. The van der Waals surface area contributed by atoms with Crippen molar-refractivity contribution in [3.05, 3.63) is 75.4 Å². The summed E-state index contributed by atoms with van der Waals surface area (Å²) in [5, 5.41) is 0.639. The molecular formula is C18H10ClF3N2O2S. The molecule has 3 aromatic rings. The van der Waals surface area contributed by atoms with Crippen LogP contribution < -0.4 is 10.9 Å². The summed E-state index contributed by atoms with van der Waals surface area (Å²) in [4.78, 5) is 24.0. The normalized spacial score (nSPS) is 11.1. The fourth-order valence-electron chi connectivity index (χ4n) is 2.23. The zero-order valence-corrected chi connectivity index (χ0v) is 14.9. The second kappa shape index (κ2) is 7.81. The number of hydrazine groups is 1. The maximum atomic E-state index is 13.5. The molecule has 0 aliphatic carbocycles. The first-order valence-corrected chi connectivity index (χ1v) is 8.66. The number of halogens is 4. The predicted molar refractivity (Wildman–Crippen MR) is 97.8 cm³/mol. The highest BCUT2D eigenvalue weighted by atomic mass is 35.5. The van der Waals surface area contributed by atoms with Crippen molar-refractivity contribution >= 4 is 50.9 Å². The van der Waals surface area contributed by atoms with Crippen molar-refractivity contribution in [2.24, 2.45) is 0 Å². The number of amides is 2. The van der Waals surface area contributed by atoms with E-state index >= 15 is 0 Å². The average molecular weight is 411 g/mol. The maximum absolute atomic E-state index is 13.5. The van der Waals surface area contributed by atoms with Gasteiger partial charge in [-0.1, -0.05) is 17.7 Å². The Bertz CT molecular complexity index is 1060. The number of thiophene rings is 1.